The number of aromatic nitrogens is 2. The third kappa shape index (κ3) is 3.12. The lowest BCUT2D eigenvalue weighted by atomic mass is 10.2. The Morgan fingerprint density at radius 1 is 1.20 bits per heavy atom. The number of imidazole rings is 1. The number of halogens is 2. The summed E-state index contributed by atoms with van der Waals surface area (Å²) >= 11 is 12.2. The number of ether oxygens (including phenoxy) is 1. The van der Waals surface area contributed by atoms with E-state index in [-0.39, 0.29) is 5.97 Å². The maximum Gasteiger partial charge on any atom is 0.337 e. The van der Waals surface area contributed by atoms with Crippen LogP contribution in [0.15, 0.2) is 36.4 Å². The van der Waals surface area contributed by atoms with Crippen molar-refractivity contribution >= 4 is 40.2 Å². The van der Waals surface area contributed by atoms with Gasteiger partial charge in [0, 0.05) is 12.5 Å². The molecule has 1 aliphatic rings. The van der Waals surface area contributed by atoms with Crippen molar-refractivity contribution in [1.82, 2.24) is 9.55 Å². The smallest absolute Gasteiger partial charge is 0.337 e. The average molecular weight is 375 g/mol. The Morgan fingerprint density at radius 2 is 2.00 bits per heavy atom. The molecule has 6 heteroatoms. The van der Waals surface area contributed by atoms with Crippen LogP contribution < -0.4 is 0 Å². The van der Waals surface area contributed by atoms with E-state index < -0.39 is 0 Å². The fourth-order valence-corrected chi connectivity index (χ4v) is 3.35. The van der Waals surface area contributed by atoms with Crippen molar-refractivity contribution < 1.29 is 9.53 Å². The van der Waals surface area contributed by atoms with Crippen LogP contribution in [0.25, 0.3) is 11.0 Å². The molecular formula is C19H16Cl2N2O2. The summed E-state index contributed by atoms with van der Waals surface area (Å²) in [6.45, 7) is 0.663. The van der Waals surface area contributed by atoms with Gasteiger partial charge in [0.15, 0.2) is 0 Å². The van der Waals surface area contributed by atoms with Gasteiger partial charge in [-0.05, 0) is 48.7 Å². The standard InChI is InChI=1S/C19H16Cl2N2O2/c1-25-19(24)13-5-7-17-16(9-13)22-18(12-3-4-12)23(17)10-11-2-6-14(20)15(21)8-11/h2,5-9,12H,3-4,10H2,1H3. The van der Waals surface area contributed by atoms with Gasteiger partial charge >= 0.3 is 5.97 Å². The van der Waals surface area contributed by atoms with Crippen LogP contribution >= 0.6 is 23.2 Å². The minimum atomic E-state index is -0.353. The lowest BCUT2D eigenvalue weighted by Crippen LogP contribution is -2.04. The van der Waals surface area contributed by atoms with E-state index in [0.29, 0.717) is 28.1 Å². The number of hydrogen-bond acceptors (Lipinski definition) is 3. The Morgan fingerprint density at radius 3 is 2.68 bits per heavy atom. The Hall–Kier alpha value is -2.04. The van der Waals surface area contributed by atoms with Crippen molar-refractivity contribution in [2.24, 2.45) is 0 Å². The average Bonchev–Trinajstić information content (AvgIpc) is 3.40. The maximum atomic E-state index is 11.8. The molecule has 4 nitrogen and oxygen atoms in total. The van der Waals surface area contributed by atoms with Crippen LogP contribution in [0.5, 0.6) is 0 Å². The quantitative estimate of drug-likeness (QED) is 0.599. The second kappa shape index (κ2) is 6.36. The first-order valence-corrected chi connectivity index (χ1v) is 8.85. The highest BCUT2D eigenvalue weighted by atomic mass is 35.5. The molecule has 0 saturated heterocycles. The van der Waals surface area contributed by atoms with Crippen molar-refractivity contribution in [3.05, 3.63) is 63.4 Å². The number of rotatable bonds is 4. The number of esters is 1. The third-order valence-corrected chi connectivity index (χ3v) is 5.21. The van der Waals surface area contributed by atoms with E-state index in [1.165, 1.54) is 7.11 Å². The van der Waals surface area contributed by atoms with Gasteiger partial charge in [-0.25, -0.2) is 9.78 Å². The fraction of sp³-hybridized carbons (Fsp3) is 0.263. The van der Waals surface area contributed by atoms with Crippen molar-refractivity contribution in [2.75, 3.05) is 7.11 Å². The van der Waals surface area contributed by atoms with Gasteiger partial charge < -0.3 is 9.30 Å². The summed E-state index contributed by atoms with van der Waals surface area (Å²) in [5.41, 5.74) is 3.38. The Kier molecular flexibility index (Phi) is 4.18. The first-order chi connectivity index (χ1) is 12.1. The number of carbonyl (C=O) groups excluding carboxylic acids is 1. The molecule has 0 bridgehead atoms. The maximum absolute atomic E-state index is 11.8. The monoisotopic (exact) mass is 374 g/mol. The van der Waals surface area contributed by atoms with Crippen molar-refractivity contribution in [1.29, 1.82) is 0 Å². The number of hydrogen-bond donors (Lipinski definition) is 0. The first-order valence-electron chi connectivity index (χ1n) is 8.09. The molecule has 4 rings (SSSR count). The van der Waals surface area contributed by atoms with E-state index in [4.69, 9.17) is 32.9 Å². The molecule has 1 fully saturated rings. The molecule has 2 aromatic carbocycles. The molecule has 1 aromatic heterocycles. The molecule has 128 valence electrons. The summed E-state index contributed by atoms with van der Waals surface area (Å²) < 4.78 is 7.00. The van der Waals surface area contributed by atoms with Gasteiger partial charge in [-0.15, -0.1) is 0 Å². The molecule has 0 spiro atoms. The highest BCUT2D eigenvalue weighted by Crippen LogP contribution is 2.41. The molecule has 0 N–H and O–H groups in total. The molecule has 1 aliphatic carbocycles. The Balaban J connectivity index is 1.79. The van der Waals surface area contributed by atoms with Gasteiger partial charge in [-0.3, -0.25) is 0 Å². The van der Waals surface area contributed by atoms with Crippen LogP contribution in [0.3, 0.4) is 0 Å². The van der Waals surface area contributed by atoms with Gasteiger partial charge in [0.2, 0.25) is 0 Å². The molecule has 0 atom stereocenters. The predicted octanol–water partition coefficient (Wildman–Crippen LogP) is 5.06. The number of nitrogens with zero attached hydrogens (tertiary/aromatic N) is 2. The largest absolute Gasteiger partial charge is 0.465 e. The van der Waals surface area contributed by atoms with Gasteiger partial charge in [0.1, 0.15) is 5.82 Å². The number of benzene rings is 2. The SMILES string of the molecule is COC(=O)c1ccc2c(c1)nc(C1CC1)n2Cc1ccc(Cl)c(Cl)c1. The van der Waals surface area contributed by atoms with Crippen LogP contribution in [0, 0.1) is 0 Å². The number of fused-ring (bicyclic) bond motifs is 1. The fourth-order valence-electron chi connectivity index (χ4n) is 3.03. The molecule has 3 aromatic rings. The molecule has 0 unspecified atom stereocenters. The van der Waals surface area contributed by atoms with Crippen molar-refractivity contribution in [3.8, 4) is 0 Å². The molecule has 1 saturated carbocycles. The highest BCUT2D eigenvalue weighted by molar-refractivity contribution is 6.42. The zero-order valence-corrected chi connectivity index (χ0v) is 15.1. The molecule has 1 heterocycles. The number of methoxy groups -OCH3 is 1. The van der Waals surface area contributed by atoms with Crippen LogP contribution in [0.4, 0.5) is 0 Å². The third-order valence-electron chi connectivity index (χ3n) is 4.47. The van der Waals surface area contributed by atoms with Crippen molar-refractivity contribution in [3.63, 3.8) is 0 Å². The van der Waals surface area contributed by atoms with Gasteiger partial charge in [-0.1, -0.05) is 29.3 Å². The van der Waals surface area contributed by atoms with Gasteiger partial charge in [0.25, 0.3) is 0 Å². The van der Waals surface area contributed by atoms with E-state index in [1.807, 2.05) is 24.3 Å². The minimum absolute atomic E-state index is 0.353. The minimum Gasteiger partial charge on any atom is -0.465 e. The zero-order chi connectivity index (χ0) is 17.6. The predicted molar refractivity (Wildman–Crippen MR) is 98.6 cm³/mol. The lowest BCUT2D eigenvalue weighted by molar-refractivity contribution is 0.0601. The first kappa shape index (κ1) is 16.4. The van der Waals surface area contributed by atoms with E-state index in [9.17, 15) is 4.79 Å². The van der Waals surface area contributed by atoms with Crippen molar-refractivity contribution in [2.45, 2.75) is 25.3 Å². The van der Waals surface area contributed by atoms with Crippen LogP contribution in [0.1, 0.15) is 40.5 Å². The molecule has 25 heavy (non-hydrogen) atoms. The summed E-state index contributed by atoms with van der Waals surface area (Å²) in [5, 5.41) is 1.09. The highest BCUT2D eigenvalue weighted by Gasteiger charge is 2.29. The van der Waals surface area contributed by atoms with E-state index in [1.54, 1.807) is 12.1 Å². The van der Waals surface area contributed by atoms with E-state index in [2.05, 4.69) is 4.57 Å². The Labute approximate surface area is 155 Å². The molecule has 0 aliphatic heterocycles. The second-order valence-electron chi connectivity index (χ2n) is 6.27. The van der Waals surface area contributed by atoms with E-state index >= 15 is 0 Å². The van der Waals surface area contributed by atoms with E-state index in [0.717, 1.165) is 35.3 Å². The summed E-state index contributed by atoms with van der Waals surface area (Å²) in [4.78, 5) is 16.6. The van der Waals surface area contributed by atoms with Crippen LogP contribution in [-0.2, 0) is 11.3 Å². The molecule has 0 amide bonds. The summed E-state index contributed by atoms with van der Waals surface area (Å²) in [6, 6.07) is 11.2. The van der Waals surface area contributed by atoms with Crippen LogP contribution in [0.2, 0.25) is 10.0 Å². The summed E-state index contributed by atoms with van der Waals surface area (Å²) in [6.07, 6.45) is 2.29. The lowest BCUT2D eigenvalue weighted by Gasteiger charge is -2.10. The molecular weight excluding hydrogens is 359 g/mol. The second-order valence-corrected chi connectivity index (χ2v) is 7.09. The topological polar surface area (TPSA) is 44.1 Å². The zero-order valence-electron chi connectivity index (χ0n) is 13.6. The number of carbonyl (C=O) groups is 1. The normalized spacial score (nSPS) is 14.0. The molecule has 0 radical (unpaired) electrons. The van der Waals surface area contributed by atoms with Gasteiger partial charge in [0.05, 0.1) is 33.8 Å². The Bertz CT molecular complexity index is 977. The van der Waals surface area contributed by atoms with Crippen LogP contribution in [-0.4, -0.2) is 22.6 Å². The van der Waals surface area contributed by atoms with Gasteiger partial charge in [-0.2, -0.15) is 0 Å². The summed E-state index contributed by atoms with van der Waals surface area (Å²) in [5.74, 6) is 1.19. The summed E-state index contributed by atoms with van der Waals surface area (Å²) in [7, 11) is 1.38.